The summed E-state index contributed by atoms with van der Waals surface area (Å²) >= 11 is 0. The van der Waals surface area contributed by atoms with E-state index in [9.17, 15) is 14.4 Å². The number of carbonyl (C=O) groups is 3. The first-order valence-electron chi connectivity index (χ1n) is 11.9. The highest BCUT2D eigenvalue weighted by Crippen LogP contribution is 2.38. The molecule has 2 aromatic rings. The van der Waals surface area contributed by atoms with E-state index in [0.717, 1.165) is 11.1 Å². The number of anilines is 1. The topological polar surface area (TPSA) is 98.7 Å². The molecule has 1 unspecified atom stereocenters. The van der Waals surface area contributed by atoms with Gasteiger partial charge in [-0.1, -0.05) is 63.2 Å². The van der Waals surface area contributed by atoms with Gasteiger partial charge < -0.3 is 5.32 Å². The first kappa shape index (κ1) is 25.4. The van der Waals surface area contributed by atoms with Crippen molar-refractivity contribution in [1.29, 1.82) is 0 Å². The maximum atomic E-state index is 13.8. The van der Waals surface area contributed by atoms with Gasteiger partial charge in [0.05, 0.1) is 5.69 Å². The molecule has 0 aliphatic carbocycles. The number of nitrogens with zero attached hydrogens (tertiary/aromatic N) is 1. The Labute approximate surface area is 201 Å². The van der Waals surface area contributed by atoms with Crippen LogP contribution in [-0.2, 0) is 20.8 Å². The van der Waals surface area contributed by atoms with E-state index in [2.05, 4.69) is 10.8 Å². The summed E-state index contributed by atoms with van der Waals surface area (Å²) in [6.45, 7) is 6.43. The van der Waals surface area contributed by atoms with Crippen LogP contribution >= 0.6 is 0 Å². The lowest BCUT2D eigenvalue weighted by molar-refractivity contribution is -0.155. The number of carbonyl (C=O) groups excluding carboxylic acids is 3. The zero-order valence-corrected chi connectivity index (χ0v) is 20.2. The Morgan fingerprint density at radius 2 is 1.59 bits per heavy atom. The Kier molecular flexibility index (Phi) is 8.45. The third-order valence-electron chi connectivity index (χ3n) is 6.44. The van der Waals surface area contributed by atoms with Crippen LogP contribution in [0.15, 0.2) is 54.6 Å². The Balaban J connectivity index is 1.91. The highest BCUT2D eigenvalue weighted by molar-refractivity contribution is 6.07. The van der Waals surface area contributed by atoms with Crippen molar-refractivity contribution < 1.29 is 19.6 Å². The highest BCUT2D eigenvalue weighted by Gasteiger charge is 2.52. The number of imide groups is 1. The molecular formula is C27H35N3O4. The van der Waals surface area contributed by atoms with Gasteiger partial charge in [0.2, 0.25) is 17.7 Å². The van der Waals surface area contributed by atoms with E-state index in [4.69, 9.17) is 5.21 Å². The lowest BCUT2D eigenvalue weighted by Gasteiger charge is -2.42. The van der Waals surface area contributed by atoms with Gasteiger partial charge in [-0.05, 0) is 54.4 Å². The SMILES string of the molecule is CC(C)C[C@@](CC(C)c1ccc(NO)cc1)(C(=O)NCCc1ccccc1)N1C(=O)CCC1=O. The van der Waals surface area contributed by atoms with Crippen LogP contribution < -0.4 is 10.8 Å². The smallest absolute Gasteiger partial charge is 0.246 e. The van der Waals surface area contributed by atoms with E-state index < -0.39 is 5.54 Å². The number of rotatable bonds is 11. The van der Waals surface area contributed by atoms with Crippen LogP contribution in [0, 0.1) is 5.92 Å². The van der Waals surface area contributed by atoms with E-state index >= 15 is 0 Å². The van der Waals surface area contributed by atoms with Gasteiger partial charge in [0.1, 0.15) is 5.54 Å². The molecule has 1 aliphatic heterocycles. The maximum absolute atomic E-state index is 13.8. The summed E-state index contributed by atoms with van der Waals surface area (Å²) in [5.74, 6) is -0.852. The van der Waals surface area contributed by atoms with Crippen LogP contribution in [0.25, 0.3) is 0 Å². The van der Waals surface area contributed by atoms with Gasteiger partial charge in [-0.3, -0.25) is 30.0 Å². The van der Waals surface area contributed by atoms with Crippen LogP contribution in [0.5, 0.6) is 0 Å². The van der Waals surface area contributed by atoms with Gasteiger partial charge in [-0.2, -0.15) is 0 Å². The summed E-state index contributed by atoms with van der Waals surface area (Å²) < 4.78 is 0. The Morgan fingerprint density at radius 1 is 0.971 bits per heavy atom. The molecule has 0 radical (unpaired) electrons. The molecule has 3 N–H and O–H groups in total. The molecule has 0 bridgehead atoms. The summed E-state index contributed by atoms with van der Waals surface area (Å²) in [6, 6.07) is 17.1. The minimum Gasteiger partial charge on any atom is -0.354 e. The van der Waals surface area contributed by atoms with E-state index in [1.807, 2.05) is 63.2 Å². The minimum absolute atomic E-state index is 0.0919. The number of hydrogen-bond acceptors (Lipinski definition) is 5. The molecule has 3 rings (SSSR count). The van der Waals surface area contributed by atoms with Gasteiger partial charge >= 0.3 is 0 Å². The average Bonchev–Trinajstić information content (AvgIpc) is 3.17. The first-order chi connectivity index (χ1) is 16.3. The number of amides is 3. The molecule has 3 amide bonds. The zero-order chi connectivity index (χ0) is 24.7. The van der Waals surface area contributed by atoms with Crippen molar-refractivity contribution in [1.82, 2.24) is 10.2 Å². The van der Waals surface area contributed by atoms with E-state index in [1.54, 1.807) is 12.1 Å². The minimum atomic E-state index is -1.26. The molecule has 34 heavy (non-hydrogen) atoms. The van der Waals surface area contributed by atoms with Gasteiger partial charge in [-0.25, -0.2) is 0 Å². The van der Waals surface area contributed by atoms with Crippen molar-refractivity contribution in [2.75, 3.05) is 12.0 Å². The fourth-order valence-corrected chi connectivity index (χ4v) is 4.92. The van der Waals surface area contributed by atoms with Crippen LogP contribution in [0.4, 0.5) is 5.69 Å². The Bertz CT molecular complexity index is 975. The largest absolute Gasteiger partial charge is 0.354 e. The molecule has 0 aromatic heterocycles. The van der Waals surface area contributed by atoms with Crippen molar-refractivity contribution >= 4 is 23.4 Å². The monoisotopic (exact) mass is 465 g/mol. The second-order valence-electron chi connectivity index (χ2n) is 9.58. The molecule has 2 atom stereocenters. The molecule has 2 aromatic carbocycles. The molecule has 0 saturated carbocycles. The van der Waals surface area contributed by atoms with Crippen molar-refractivity contribution in [2.24, 2.45) is 5.92 Å². The lowest BCUT2D eigenvalue weighted by atomic mass is 9.77. The van der Waals surface area contributed by atoms with Crippen LogP contribution in [0.1, 0.15) is 63.5 Å². The molecule has 182 valence electrons. The summed E-state index contributed by atoms with van der Waals surface area (Å²) in [7, 11) is 0. The van der Waals surface area contributed by atoms with Crippen LogP contribution in [-0.4, -0.2) is 39.9 Å². The van der Waals surface area contributed by atoms with Gasteiger partial charge in [-0.15, -0.1) is 0 Å². The summed E-state index contributed by atoms with van der Waals surface area (Å²) in [6.07, 6.45) is 1.66. The molecular weight excluding hydrogens is 430 g/mol. The molecule has 1 fully saturated rings. The molecule has 1 heterocycles. The fourth-order valence-electron chi connectivity index (χ4n) is 4.92. The van der Waals surface area contributed by atoms with Crippen molar-refractivity contribution in [2.45, 2.75) is 64.3 Å². The molecule has 1 saturated heterocycles. The number of benzene rings is 2. The van der Waals surface area contributed by atoms with Crippen LogP contribution in [0.2, 0.25) is 0 Å². The third kappa shape index (κ3) is 5.83. The fraction of sp³-hybridized carbons (Fsp3) is 0.444. The standard InChI is InChI=1S/C27H35N3O4/c1-19(2)17-27(30-24(31)13-14-25(30)32,18-20(3)22-9-11-23(29-34)12-10-22)26(33)28-16-15-21-7-5-4-6-8-21/h4-12,19-20,29,34H,13-18H2,1-3H3,(H,28,33)/t20?,27-/m1/s1. The zero-order valence-electron chi connectivity index (χ0n) is 20.2. The molecule has 7 nitrogen and oxygen atoms in total. The normalized spacial score (nSPS) is 16.4. The molecule has 0 spiro atoms. The number of hydrogen-bond donors (Lipinski definition) is 3. The summed E-state index contributed by atoms with van der Waals surface area (Å²) in [4.78, 5) is 40.9. The van der Waals surface area contributed by atoms with Crippen LogP contribution in [0.3, 0.4) is 0 Å². The van der Waals surface area contributed by atoms with Gasteiger partial charge in [0, 0.05) is 19.4 Å². The summed E-state index contributed by atoms with van der Waals surface area (Å²) in [5, 5.41) is 12.1. The van der Waals surface area contributed by atoms with Gasteiger partial charge in [0.25, 0.3) is 0 Å². The van der Waals surface area contributed by atoms with Crippen molar-refractivity contribution in [3.63, 3.8) is 0 Å². The Hall–Kier alpha value is -3.19. The maximum Gasteiger partial charge on any atom is 0.246 e. The number of likely N-dealkylation sites (tertiary alicyclic amines) is 1. The predicted octanol–water partition coefficient (Wildman–Crippen LogP) is 4.27. The second kappa shape index (κ2) is 11.3. The number of nitrogens with one attached hydrogen (secondary N) is 2. The van der Waals surface area contributed by atoms with E-state index in [1.165, 1.54) is 4.90 Å². The molecule has 7 heteroatoms. The predicted molar refractivity (Wildman–Crippen MR) is 131 cm³/mol. The van der Waals surface area contributed by atoms with E-state index in [-0.39, 0.29) is 42.4 Å². The third-order valence-corrected chi connectivity index (χ3v) is 6.44. The first-order valence-corrected chi connectivity index (χ1v) is 11.9. The van der Waals surface area contributed by atoms with Crippen molar-refractivity contribution in [3.05, 3.63) is 65.7 Å². The second-order valence-corrected chi connectivity index (χ2v) is 9.58. The Morgan fingerprint density at radius 3 is 2.15 bits per heavy atom. The lowest BCUT2D eigenvalue weighted by Crippen LogP contribution is -2.62. The highest BCUT2D eigenvalue weighted by atomic mass is 16.5. The van der Waals surface area contributed by atoms with Crippen molar-refractivity contribution in [3.8, 4) is 0 Å². The molecule has 1 aliphatic rings. The van der Waals surface area contributed by atoms with Gasteiger partial charge in [0.15, 0.2) is 0 Å². The quantitative estimate of drug-likeness (QED) is 0.340. The van der Waals surface area contributed by atoms with E-state index in [0.29, 0.717) is 31.5 Å². The summed E-state index contributed by atoms with van der Waals surface area (Å²) in [5.41, 5.74) is 3.49. The average molecular weight is 466 g/mol.